The molecule has 0 radical (unpaired) electrons. The van der Waals surface area contributed by atoms with Crippen LogP contribution in [0.2, 0.25) is 0 Å². The molecule has 0 aromatic carbocycles. The number of ether oxygens (including phenoxy) is 1. The topological polar surface area (TPSA) is 29.5 Å². The normalized spacial score (nSPS) is 14.0. The molecule has 0 aliphatic carbocycles. The predicted molar refractivity (Wildman–Crippen MR) is 49.0 cm³/mol. The Labute approximate surface area is 78.9 Å². The third-order valence-corrected chi connectivity index (χ3v) is 2.26. The van der Waals surface area contributed by atoms with Gasteiger partial charge in [-0.2, -0.15) is 0 Å². The van der Waals surface area contributed by atoms with E-state index in [4.69, 9.17) is 4.74 Å². The molecule has 3 nitrogen and oxygen atoms in total. The summed E-state index contributed by atoms with van der Waals surface area (Å²) in [5.41, 5.74) is -0.753. The molecule has 0 bridgehead atoms. The van der Waals surface area contributed by atoms with Crippen LogP contribution in [0.25, 0.3) is 0 Å². The first kappa shape index (κ1) is 12.4. The van der Waals surface area contributed by atoms with Crippen LogP contribution in [-0.4, -0.2) is 36.9 Å². The summed E-state index contributed by atoms with van der Waals surface area (Å²) >= 11 is 0. The Bertz CT molecular complexity index is 182. The van der Waals surface area contributed by atoms with Gasteiger partial charge in [0.25, 0.3) is 5.91 Å². The number of carbonyl (C=O) groups excluding carboxylic acids is 1. The highest BCUT2D eigenvalue weighted by Crippen LogP contribution is 2.15. The fraction of sp³-hybridized carbons (Fsp3) is 0.889. The molecule has 0 fully saturated rings. The summed E-state index contributed by atoms with van der Waals surface area (Å²) in [5, 5.41) is 0. The summed E-state index contributed by atoms with van der Waals surface area (Å²) in [7, 11) is 3.02. The van der Waals surface area contributed by atoms with Crippen LogP contribution in [0.1, 0.15) is 27.2 Å². The van der Waals surface area contributed by atoms with Crippen LogP contribution in [0.5, 0.6) is 0 Å². The van der Waals surface area contributed by atoms with Crippen LogP contribution in [-0.2, 0) is 9.53 Å². The molecule has 0 saturated carbocycles. The Morgan fingerprint density at radius 2 is 2.08 bits per heavy atom. The Morgan fingerprint density at radius 1 is 1.62 bits per heavy atom. The maximum Gasteiger partial charge on any atom is 0.259 e. The molecule has 0 rings (SSSR count). The quantitative estimate of drug-likeness (QED) is 0.631. The second-order valence-electron chi connectivity index (χ2n) is 3.42. The summed E-state index contributed by atoms with van der Waals surface area (Å²) < 4.78 is 18.0. The van der Waals surface area contributed by atoms with E-state index in [1.165, 1.54) is 19.1 Å². The molecule has 0 aromatic heterocycles. The van der Waals surface area contributed by atoms with Crippen molar-refractivity contribution in [3.8, 4) is 0 Å². The van der Waals surface area contributed by atoms with Gasteiger partial charge in [-0.1, -0.05) is 6.92 Å². The fourth-order valence-corrected chi connectivity index (χ4v) is 0.787. The van der Waals surface area contributed by atoms with Gasteiger partial charge in [-0.25, -0.2) is 4.39 Å². The summed E-state index contributed by atoms with van der Waals surface area (Å²) in [4.78, 5) is 12.6. The van der Waals surface area contributed by atoms with E-state index in [-0.39, 0.29) is 6.42 Å². The van der Waals surface area contributed by atoms with E-state index in [0.29, 0.717) is 0 Å². The zero-order valence-electron chi connectivity index (χ0n) is 8.93. The minimum atomic E-state index is -1.43. The van der Waals surface area contributed by atoms with Crippen molar-refractivity contribution in [1.82, 2.24) is 4.90 Å². The molecule has 4 heteroatoms. The Balaban J connectivity index is 4.42. The van der Waals surface area contributed by atoms with Gasteiger partial charge in [0.2, 0.25) is 0 Å². The van der Waals surface area contributed by atoms with Gasteiger partial charge in [0.15, 0.2) is 6.17 Å². The Morgan fingerprint density at radius 3 is 2.38 bits per heavy atom. The largest absolute Gasteiger partial charge is 0.359 e. The first-order valence-electron chi connectivity index (χ1n) is 4.33. The summed E-state index contributed by atoms with van der Waals surface area (Å²) in [6, 6.07) is 0. The summed E-state index contributed by atoms with van der Waals surface area (Å²) in [6.07, 6.45) is -1.23. The van der Waals surface area contributed by atoms with Crippen LogP contribution in [0, 0.1) is 0 Å². The molecule has 0 heterocycles. The van der Waals surface area contributed by atoms with Crippen LogP contribution in [0.3, 0.4) is 0 Å². The van der Waals surface area contributed by atoms with Crippen molar-refractivity contribution in [2.24, 2.45) is 0 Å². The van der Waals surface area contributed by atoms with Crippen molar-refractivity contribution in [2.45, 2.75) is 39.1 Å². The van der Waals surface area contributed by atoms with Crippen molar-refractivity contribution in [1.29, 1.82) is 0 Å². The lowest BCUT2D eigenvalue weighted by Crippen LogP contribution is -2.49. The molecule has 1 unspecified atom stereocenters. The number of halogens is 1. The van der Waals surface area contributed by atoms with Gasteiger partial charge in [-0.05, 0) is 20.3 Å². The second-order valence-corrected chi connectivity index (χ2v) is 3.42. The monoisotopic (exact) mass is 191 g/mol. The number of hydrogen-bond donors (Lipinski definition) is 0. The van der Waals surface area contributed by atoms with Crippen molar-refractivity contribution < 1.29 is 13.9 Å². The lowest BCUT2D eigenvalue weighted by Gasteiger charge is -2.34. The zero-order valence-corrected chi connectivity index (χ0v) is 8.93. The molecule has 0 saturated heterocycles. The van der Waals surface area contributed by atoms with Gasteiger partial charge < -0.3 is 9.64 Å². The molecule has 13 heavy (non-hydrogen) atoms. The molecule has 1 atom stereocenters. The highest BCUT2D eigenvalue weighted by molar-refractivity contribution is 5.80. The minimum Gasteiger partial charge on any atom is -0.359 e. The zero-order chi connectivity index (χ0) is 10.6. The minimum absolute atomic E-state index is 0.197. The average Bonchev–Trinajstić information content (AvgIpc) is 2.14. The smallest absolute Gasteiger partial charge is 0.259 e. The number of hydrogen-bond acceptors (Lipinski definition) is 2. The third kappa shape index (κ3) is 2.95. The van der Waals surface area contributed by atoms with E-state index >= 15 is 0 Å². The second kappa shape index (κ2) is 4.56. The summed E-state index contributed by atoms with van der Waals surface area (Å²) in [5.74, 6) is -0.533. The van der Waals surface area contributed by atoms with Gasteiger partial charge in [-0.3, -0.25) is 4.79 Å². The fourth-order valence-electron chi connectivity index (χ4n) is 0.787. The molecule has 0 aromatic rings. The van der Waals surface area contributed by atoms with Gasteiger partial charge in [0.05, 0.1) is 0 Å². The number of carbonyl (C=O) groups is 1. The SMILES string of the molecule is CCC(F)C(=O)N(C)C(C)(C)OC. The van der Waals surface area contributed by atoms with E-state index in [1.807, 2.05) is 0 Å². The van der Waals surface area contributed by atoms with Gasteiger partial charge in [-0.15, -0.1) is 0 Å². The van der Waals surface area contributed by atoms with Gasteiger partial charge >= 0.3 is 0 Å². The van der Waals surface area contributed by atoms with Crippen molar-refractivity contribution >= 4 is 5.91 Å². The van der Waals surface area contributed by atoms with E-state index in [9.17, 15) is 9.18 Å². The lowest BCUT2D eigenvalue weighted by molar-refractivity contribution is -0.160. The molecule has 1 amide bonds. The van der Waals surface area contributed by atoms with Gasteiger partial charge in [0, 0.05) is 14.2 Å². The molecule has 78 valence electrons. The van der Waals surface area contributed by atoms with Crippen LogP contribution >= 0.6 is 0 Å². The van der Waals surface area contributed by atoms with Crippen LogP contribution in [0.4, 0.5) is 4.39 Å². The molecule has 0 spiro atoms. The van der Waals surface area contributed by atoms with E-state index in [0.717, 1.165) is 0 Å². The van der Waals surface area contributed by atoms with E-state index in [1.54, 1.807) is 20.8 Å². The Kier molecular flexibility index (Phi) is 4.33. The first-order valence-corrected chi connectivity index (χ1v) is 4.33. The van der Waals surface area contributed by atoms with Crippen molar-refractivity contribution in [3.05, 3.63) is 0 Å². The van der Waals surface area contributed by atoms with E-state index in [2.05, 4.69) is 0 Å². The van der Waals surface area contributed by atoms with Crippen molar-refractivity contribution in [3.63, 3.8) is 0 Å². The average molecular weight is 191 g/mol. The number of rotatable bonds is 4. The molecule has 0 N–H and O–H groups in total. The molecule has 0 aliphatic heterocycles. The number of nitrogens with zero attached hydrogens (tertiary/aromatic N) is 1. The van der Waals surface area contributed by atoms with Gasteiger partial charge in [0.1, 0.15) is 5.72 Å². The highest BCUT2D eigenvalue weighted by atomic mass is 19.1. The molecular formula is C9H18FNO2. The van der Waals surface area contributed by atoms with Crippen molar-refractivity contribution in [2.75, 3.05) is 14.2 Å². The highest BCUT2D eigenvalue weighted by Gasteiger charge is 2.30. The number of methoxy groups -OCH3 is 1. The molecular weight excluding hydrogens is 173 g/mol. The third-order valence-electron chi connectivity index (χ3n) is 2.26. The summed E-state index contributed by atoms with van der Waals surface area (Å²) in [6.45, 7) is 5.07. The number of alkyl halides is 1. The first-order chi connectivity index (χ1) is 5.86. The Hall–Kier alpha value is -0.640. The van der Waals surface area contributed by atoms with E-state index < -0.39 is 17.8 Å². The van der Waals surface area contributed by atoms with Crippen LogP contribution < -0.4 is 0 Å². The predicted octanol–water partition coefficient (Wildman–Crippen LogP) is 1.58. The standard InChI is InChI=1S/C9H18FNO2/c1-6-7(10)8(12)11(4)9(2,3)13-5/h7H,6H2,1-5H3. The molecule has 0 aliphatic rings. The maximum atomic E-state index is 13.0. The lowest BCUT2D eigenvalue weighted by atomic mass is 10.2. The number of amides is 1. The van der Waals surface area contributed by atoms with Crippen LogP contribution in [0.15, 0.2) is 0 Å². The maximum absolute atomic E-state index is 13.0.